The minimum Gasteiger partial charge on any atom is -0.396 e. The predicted octanol–water partition coefficient (Wildman–Crippen LogP) is 4.35. The van der Waals surface area contributed by atoms with Crippen LogP contribution in [0.4, 0.5) is 17.2 Å². The van der Waals surface area contributed by atoms with Crippen LogP contribution in [0.15, 0.2) is 47.1 Å². The van der Waals surface area contributed by atoms with E-state index in [1.54, 1.807) is 0 Å². The predicted molar refractivity (Wildman–Crippen MR) is 75.3 cm³/mol. The Labute approximate surface area is 106 Å². The fraction of sp³-hybridized carbons (Fsp3) is 0.143. The van der Waals surface area contributed by atoms with Gasteiger partial charge in [0.15, 0.2) is 5.82 Å². The normalized spacial score (nSPS) is 11.0. The summed E-state index contributed by atoms with van der Waals surface area (Å²) in [6.07, 6.45) is 0. The number of anilines is 1. The molecule has 0 spiro atoms. The highest BCUT2D eigenvalue weighted by Gasteiger charge is 2.04. The van der Waals surface area contributed by atoms with Crippen LogP contribution in [0.3, 0.4) is 0 Å². The van der Waals surface area contributed by atoms with Crippen LogP contribution in [0.1, 0.15) is 18.2 Å². The van der Waals surface area contributed by atoms with Gasteiger partial charge in [-0.1, -0.05) is 24.3 Å². The molecule has 0 unspecified atom stereocenters. The molecule has 0 radical (unpaired) electrons. The van der Waals surface area contributed by atoms with E-state index in [-0.39, 0.29) is 0 Å². The first-order valence-corrected chi connectivity index (χ1v) is 5.69. The molecule has 0 aliphatic carbocycles. The van der Waals surface area contributed by atoms with E-state index >= 15 is 0 Å². The molecule has 0 atom stereocenters. The van der Waals surface area contributed by atoms with Gasteiger partial charge in [0.25, 0.3) is 0 Å². The van der Waals surface area contributed by atoms with Crippen LogP contribution >= 0.6 is 0 Å². The Morgan fingerprint density at radius 2 is 1.89 bits per heavy atom. The number of allylic oxidation sites excluding steroid dienone is 1. The Bertz CT molecular complexity index is 591. The maximum absolute atomic E-state index is 5.84. The minimum atomic E-state index is 0.563. The number of nitrogens with one attached hydrogen (secondary N) is 1. The number of hydrogen-bond donors (Lipinski definition) is 2. The summed E-state index contributed by atoms with van der Waals surface area (Å²) in [5, 5.41) is 8.25. The van der Waals surface area contributed by atoms with E-state index in [0.29, 0.717) is 11.5 Å². The first-order chi connectivity index (χ1) is 8.56. The number of nitrogens with two attached hydrogens (primary N) is 1. The van der Waals surface area contributed by atoms with E-state index in [2.05, 4.69) is 21.8 Å². The number of aryl methyl sites for hydroxylation is 1. The number of aromatic amines is 1. The molecule has 0 aliphatic heterocycles. The summed E-state index contributed by atoms with van der Waals surface area (Å²) in [7, 11) is 0. The number of H-pyrrole nitrogens is 1. The Morgan fingerprint density at radius 3 is 2.44 bits per heavy atom. The van der Waals surface area contributed by atoms with E-state index in [0.717, 1.165) is 17.0 Å². The molecule has 0 bridgehead atoms. The Hall–Kier alpha value is -2.36. The molecular weight excluding hydrogens is 224 g/mol. The monoisotopic (exact) mass is 240 g/mol. The molecule has 0 aliphatic rings. The zero-order valence-corrected chi connectivity index (χ0v) is 10.6. The van der Waals surface area contributed by atoms with Crippen LogP contribution in [0.2, 0.25) is 0 Å². The molecule has 0 amide bonds. The van der Waals surface area contributed by atoms with Gasteiger partial charge in [-0.15, -0.1) is 10.2 Å². The SMILES string of the molecule is C=C(C)c1cc(N)c(N=Nc2ccc(C)cc2)[nH]1. The van der Waals surface area contributed by atoms with Crippen molar-refractivity contribution in [3.05, 3.63) is 48.2 Å². The first kappa shape index (κ1) is 12.1. The number of hydrogen-bond acceptors (Lipinski definition) is 3. The van der Waals surface area contributed by atoms with Crippen molar-refractivity contribution in [1.29, 1.82) is 0 Å². The number of aromatic nitrogens is 1. The van der Waals surface area contributed by atoms with Gasteiger partial charge in [0.1, 0.15) is 0 Å². The molecule has 1 heterocycles. The third-order valence-electron chi connectivity index (χ3n) is 2.59. The van der Waals surface area contributed by atoms with Gasteiger partial charge < -0.3 is 10.7 Å². The van der Waals surface area contributed by atoms with Gasteiger partial charge in [-0.3, -0.25) is 0 Å². The van der Waals surface area contributed by atoms with E-state index in [9.17, 15) is 0 Å². The standard InChI is InChI=1S/C14H16N4/c1-9(2)13-8-12(15)14(16-13)18-17-11-6-4-10(3)5-7-11/h4-8,16H,1,15H2,2-3H3. The third-order valence-corrected chi connectivity index (χ3v) is 2.59. The van der Waals surface area contributed by atoms with Gasteiger partial charge in [-0.25, -0.2) is 0 Å². The highest BCUT2D eigenvalue weighted by molar-refractivity contribution is 5.69. The van der Waals surface area contributed by atoms with Gasteiger partial charge in [-0.2, -0.15) is 0 Å². The van der Waals surface area contributed by atoms with Crippen LogP contribution < -0.4 is 5.73 Å². The lowest BCUT2D eigenvalue weighted by Crippen LogP contribution is -1.79. The Morgan fingerprint density at radius 1 is 1.22 bits per heavy atom. The van der Waals surface area contributed by atoms with Gasteiger partial charge in [0.2, 0.25) is 0 Å². The smallest absolute Gasteiger partial charge is 0.176 e. The van der Waals surface area contributed by atoms with Crippen LogP contribution in [0.5, 0.6) is 0 Å². The first-order valence-electron chi connectivity index (χ1n) is 5.69. The van der Waals surface area contributed by atoms with Crippen molar-refractivity contribution < 1.29 is 0 Å². The molecule has 2 rings (SSSR count). The summed E-state index contributed by atoms with van der Waals surface area (Å²) in [5.74, 6) is 0.563. The molecule has 0 saturated carbocycles. The highest BCUT2D eigenvalue weighted by atomic mass is 15.2. The summed E-state index contributed by atoms with van der Waals surface area (Å²) in [6, 6.07) is 9.62. The van der Waals surface area contributed by atoms with Crippen LogP contribution in [0.25, 0.3) is 5.57 Å². The van der Waals surface area contributed by atoms with Crippen molar-refractivity contribution in [3.8, 4) is 0 Å². The molecule has 2 aromatic rings. The largest absolute Gasteiger partial charge is 0.396 e. The lowest BCUT2D eigenvalue weighted by atomic mass is 10.2. The summed E-state index contributed by atoms with van der Waals surface area (Å²) in [6.45, 7) is 7.79. The third kappa shape index (κ3) is 2.66. The summed E-state index contributed by atoms with van der Waals surface area (Å²) >= 11 is 0. The molecule has 92 valence electrons. The molecule has 4 heteroatoms. The van der Waals surface area contributed by atoms with E-state index in [1.807, 2.05) is 44.2 Å². The maximum atomic E-state index is 5.84. The fourth-order valence-corrected chi connectivity index (χ4v) is 1.49. The second-order valence-electron chi connectivity index (χ2n) is 4.30. The molecule has 18 heavy (non-hydrogen) atoms. The average Bonchev–Trinajstić information content (AvgIpc) is 2.70. The van der Waals surface area contributed by atoms with Crippen molar-refractivity contribution in [1.82, 2.24) is 4.98 Å². The number of azo groups is 1. The zero-order chi connectivity index (χ0) is 13.1. The summed E-state index contributed by atoms with van der Waals surface area (Å²) in [4.78, 5) is 3.08. The molecule has 1 aromatic carbocycles. The second kappa shape index (κ2) is 4.87. The quantitative estimate of drug-likeness (QED) is 0.769. The van der Waals surface area contributed by atoms with Crippen LogP contribution in [-0.4, -0.2) is 4.98 Å². The van der Waals surface area contributed by atoms with Crippen LogP contribution in [-0.2, 0) is 0 Å². The molecule has 1 aromatic heterocycles. The number of nitrogens with zero attached hydrogens (tertiary/aromatic N) is 2. The Kier molecular flexibility index (Phi) is 3.28. The number of nitrogen functional groups attached to an aromatic ring is 1. The van der Waals surface area contributed by atoms with Crippen molar-refractivity contribution in [2.45, 2.75) is 13.8 Å². The van der Waals surface area contributed by atoms with Crippen molar-refractivity contribution >= 4 is 22.8 Å². The molecular formula is C14H16N4. The summed E-state index contributed by atoms with van der Waals surface area (Å²) < 4.78 is 0. The molecule has 3 N–H and O–H groups in total. The molecule has 0 saturated heterocycles. The van der Waals surface area contributed by atoms with Gasteiger partial charge in [-0.05, 0) is 37.6 Å². The van der Waals surface area contributed by atoms with E-state index in [4.69, 9.17) is 5.73 Å². The van der Waals surface area contributed by atoms with Crippen molar-refractivity contribution in [2.24, 2.45) is 10.2 Å². The van der Waals surface area contributed by atoms with Crippen molar-refractivity contribution in [2.75, 3.05) is 5.73 Å². The van der Waals surface area contributed by atoms with Gasteiger partial charge in [0, 0.05) is 5.69 Å². The second-order valence-corrected chi connectivity index (χ2v) is 4.30. The average molecular weight is 240 g/mol. The highest BCUT2D eigenvalue weighted by Crippen LogP contribution is 2.27. The lowest BCUT2D eigenvalue weighted by Gasteiger charge is -1.94. The number of rotatable bonds is 3. The van der Waals surface area contributed by atoms with Gasteiger partial charge >= 0.3 is 0 Å². The topological polar surface area (TPSA) is 66.5 Å². The number of benzene rings is 1. The van der Waals surface area contributed by atoms with Crippen LogP contribution in [0, 0.1) is 6.92 Å². The minimum absolute atomic E-state index is 0.563. The Balaban J connectivity index is 2.23. The van der Waals surface area contributed by atoms with Crippen molar-refractivity contribution in [3.63, 3.8) is 0 Å². The maximum Gasteiger partial charge on any atom is 0.176 e. The fourth-order valence-electron chi connectivity index (χ4n) is 1.49. The van der Waals surface area contributed by atoms with Gasteiger partial charge in [0.05, 0.1) is 11.4 Å². The van der Waals surface area contributed by atoms with E-state index in [1.165, 1.54) is 5.56 Å². The zero-order valence-electron chi connectivity index (χ0n) is 10.6. The molecule has 4 nitrogen and oxygen atoms in total. The summed E-state index contributed by atoms with van der Waals surface area (Å²) in [5.41, 5.74) is 10.2. The lowest BCUT2D eigenvalue weighted by molar-refractivity contribution is 1.17. The van der Waals surface area contributed by atoms with E-state index < -0.39 is 0 Å². The molecule has 0 fully saturated rings.